The largest absolute Gasteiger partial charge is 0.316 e. The van der Waals surface area contributed by atoms with E-state index in [2.05, 4.69) is 38.0 Å². The molecular weight excluding hydrogens is 228 g/mol. The molecule has 0 aliphatic heterocycles. The van der Waals surface area contributed by atoms with E-state index in [-0.39, 0.29) is 0 Å². The molecule has 2 nitrogen and oxygen atoms in total. The molecule has 1 unspecified atom stereocenters. The van der Waals surface area contributed by atoms with E-state index in [1.165, 1.54) is 17.7 Å². The first-order valence-corrected chi connectivity index (χ1v) is 7.54. The van der Waals surface area contributed by atoms with E-state index in [4.69, 9.17) is 0 Å². The minimum Gasteiger partial charge on any atom is -0.316 e. The molecule has 1 aromatic rings. The zero-order valence-electron chi connectivity index (χ0n) is 11.6. The van der Waals surface area contributed by atoms with Crippen LogP contribution in [0.5, 0.6) is 0 Å². The number of rotatable bonds is 8. The van der Waals surface area contributed by atoms with E-state index in [1.807, 2.05) is 11.7 Å². The third-order valence-electron chi connectivity index (χ3n) is 2.76. The molecule has 0 fully saturated rings. The van der Waals surface area contributed by atoms with Gasteiger partial charge in [-0.25, -0.2) is 0 Å². The first kappa shape index (κ1) is 14.7. The van der Waals surface area contributed by atoms with E-state index in [0.29, 0.717) is 0 Å². The zero-order valence-corrected chi connectivity index (χ0v) is 12.4. The number of aromatic nitrogens is 1. The monoisotopic (exact) mass is 254 g/mol. The highest BCUT2D eigenvalue weighted by Crippen LogP contribution is 2.19. The molecule has 0 bridgehead atoms. The summed E-state index contributed by atoms with van der Waals surface area (Å²) in [7, 11) is 0. The van der Waals surface area contributed by atoms with E-state index in [9.17, 15) is 0 Å². The van der Waals surface area contributed by atoms with Crippen molar-refractivity contribution in [3.63, 3.8) is 0 Å². The molecule has 17 heavy (non-hydrogen) atoms. The smallest absolute Gasteiger partial charge is 0.0794 e. The van der Waals surface area contributed by atoms with Gasteiger partial charge in [0.25, 0.3) is 0 Å². The fourth-order valence-electron chi connectivity index (χ4n) is 2.11. The molecule has 0 aromatic carbocycles. The minimum absolute atomic E-state index is 0.734. The Bertz CT molecular complexity index is 280. The summed E-state index contributed by atoms with van der Waals surface area (Å²) in [6.07, 6.45) is 4.48. The lowest BCUT2D eigenvalue weighted by Gasteiger charge is -2.19. The summed E-state index contributed by atoms with van der Waals surface area (Å²) in [4.78, 5) is 5.58. The number of nitrogens with one attached hydrogen (secondary N) is 1. The van der Waals surface area contributed by atoms with Crippen molar-refractivity contribution in [2.24, 2.45) is 17.8 Å². The van der Waals surface area contributed by atoms with Crippen LogP contribution in [0.1, 0.15) is 39.0 Å². The number of hydrogen-bond acceptors (Lipinski definition) is 3. The summed E-state index contributed by atoms with van der Waals surface area (Å²) in [5.41, 5.74) is 1.93. The lowest BCUT2D eigenvalue weighted by atomic mass is 9.93. The highest BCUT2D eigenvalue weighted by Gasteiger charge is 2.12. The van der Waals surface area contributed by atoms with Gasteiger partial charge >= 0.3 is 0 Å². The van der Waals surface area contributed by atoms with Gasteiger partial charge in [-0.15, -0.1) is 11.3 Å². The highest BCUT2D eigenvalue weighted by atomic mass is 32.1. The number of thiazole rings is 1. The number of nitrogens with zero attached hydrogens (tertiary/aromatic N) is 1. The van der Waals surface area contributed by atoms with E-state index < -0.39 is 0 Å². The maximum atomic E-state index is 4.16. The molecule has 0 aliphatic rings. The quantitative estimate of drug-likeness (QED) is 0.767. The van der Waals surface area contributed by atoms with Crippen LogP contribution in [0.4, 0.5) is 0 Å². The predicted octanol–water partition coefficient (Wildman–Crippen LogP) is 3.59. The van der Waals surface area contributed by atoms with Crippen molar-refractivity contribution in [3.05, 3.63) is 16.6 Å². The van der Waals surface area contributed by atoms with Crippen LogP contribution < -0.4 is 5.32 Å². The van der Waals surface area contributed by atoms with E-state index in [1.54, 1.807) is 11.3 Å². The van der Waals surface area contributed by atoms with Crippen molar-refractivity contribution >= 4 is 11.3 Å². The third-order valence-corrected chi connectivity index (χ3v) is 3.57. The summed E-state index contributed by atoms with van der Waals surface area (Å²) in [5.74, 6) is 2.25. The summed E-state index contributed by atoms with van der Waals surface area (Å²) < 4.78 is 0. The molecule has 1 aromatic heterocycles. The molecular formula is C14H26N2S. The van der Waals surface area contributed by atoms with Crippen molar-refractivity contribution in [1.29, 1.82) is 0 Å². The van der Waals surface area contributed by atoms with Crippen LogP contribution in [0.25, 0.3) is 0 Å². The molecule has 1 atom stereocenters. The lowest BCUT2D eigenvalue weighted by Crippen LogP contribution is -2.28. The minimum atomic E-state index is 0.734. The van der Waals surface area contributed by atoms with Gasteiger partial charge in [0, 0.05) is 11.1 Å². The Kier molecular flexibility index (Phi) is 6.75. The molecule has 3 heteroatoms. The van der Waals surface area contributed by atoms with Crippen molar-refractivity contribution in [1.82, 2.24) is 10.3 Å². The highest BCUT2D eigenvalue weighted by molar-refractivity contribution is 7.09. The Labute approximate surface area is 110 Å². The molecule has 0 saturated heterocycles. The van der Waals surface area contributed by atoms with Crippen molar-refractivity contribution in [3.8, 4) is 0 Å². The van der Waals surface area contributed by atoms with Gasteiger partial charge in [-0.3, -0.25) is 4.98 Å². The number of hydrogen-bond donors (Lipinski definition) is 1. The normalized spacial score (nSPS) is 13.5. The first-order chi connectivity index (χ1) is 8.08. The van der Waals surface area contributed by atoms with Crippen LogP contribution in [-0.2, 0) is 6.42 Å². The third kappa shape index (κ3) is 6.79. The second-order valence-corrected chi connectivity index (χ2v) is 6.69. The van der Waals surface area contributed by atoms with Crippen molar-refractivity contribution in [2.75, 3.05) is 13.1 Å². The molecule has 1 N–H and O–H groups in total. The summed E-state index contributed by atoms with van der Waals surface area (Å²) in [6.45, 7) is 11.4. The SMILES string of the molecule is CC(C)CNCC(Cc1cncs1)CC(C)C. The van der Waals surface area contributed by atoms with Crippen LogP contribution in [0.3, 0.4) is 0 Å². The standard InChI is InChI=1S/C14H26N2S/c1-11(2)5-13(8-15-7-12(3)4)6-14-9-16-10-17-14/h9-13,15H,5-8H2,1-4H3. The summed E-state index contributed by atoms with van der Waals surface area (Å²) in [5, 5.41) is 3.59. The summed E-state index contributed by atoms with van der Waals surface area (Å²) >= 11 is 1.78. The fraction of sp³-hybridized carbons (Fsp3) is 0.786. The van der Waals surface area contributed by atoms with Gasteiger partial charge in [0.05, 0.1) is 5.51 Å². The van der Waals surface area contributed by atoms with E-state index >= 15 is 0 Å². The van der Waals surface area contributed by atoms with Crippen molar-refractivity contribution in [2.45, 2.75) is 40.5 Å². The molecule has 1 rings (SSSR count). The van der Waals surface area contributed by atoms with Crippen molar-refractivity contribution < 1.29 is 0 Å². The van der Waals surface area contributed by atoms with Gasteiger partial charge in [0.15, 0.2) is 0 Å². The Balaban J connectivity index is 2.37. The van der Waals surface area contributed by atoms with Gasteiger partial charge in [0.2, 0.25) is 0 Å². The molecule has 0 radical (unpaired) electrons. The Morgan fingerprint density at radius 2 is 1.94 bits per heavy atom. The first-order valence-electron chi connectivity index (χ1n) is 6.66. The molecule has 1 heterocycles. The van der Waals surface area contributed by atoms with E-state index in [0.717, 1.165) is 30.8 Å². The molecule has 0 spiro atoms. The fourth-order valence-corrected chi connectivity index (χ4v) is 2.82. The Morgan fingerprint density at radius 1 is 1.18 bits per heavy atom. The second kappa shape index (κ2) is 7.83. The zero-order chi connectivity index (χ0) is 12.7. The maximum Gasteiger partial charge on any atom is 0.0794 e. The van der Waals surface area contributed by atoms with Crippen LogP contribution >= 0.6 is 11.3 Å². The van der Waals surface area contributed by atoms with Crippen LogP contribution in [0, 0.1) is 17.8 Å². The van der Waals surface area contributed by atoms with Crippen LogP contribution in [0.2, 0.25) is 0 Å². The maximum absolute atomic E-state index is 4.16. The van der Waals surface area contributed by atoms with Gasteiger partial charge in [0.1, 0.15) is 0 Å². The predicted molar refractivity (Wildman–Crippen MR) is 76.5 cm³/mol. The molecule has 98 valence electrons. The summed E-state index contributed by atoms with van der Waals surface area (Å²) in [6, 6.07) is 0. The van der Waals surface area contributed by atoms with Gasteiger partial charge in [-0.05, 0) is 43.7 Å². The topological polar surface area (TPSA) is 24.9 Å². The average molecular weight is 254 g/mol. The second-order valence-electron chi connectivity index (χ2n) is 5.72. The van der Waals surface area contributed by atoms with Gasteiger partial charge in [-0.2, -0.15) is 0 Å². The van der Waals surface area contributed by atoms with Crippen LogP contribution in [-0.4, -0.2) is 18.1 Å². The molecule has 0 saturated carbocycles. The average Bonchev–Trinajstić information content (AvgIpc) is 2.68. The van der Waals surface area contributed by atoms with Gasteiger partial charge < -0.3 is 5.32 Å². The molecule has 0 amide bonds. The Morgan fingerprint density at radius 3 is 2.47 bits per heavy atom. The lowest BCUT2D eigenvalue weighted by molar-refractivity contribution is 0.377. The van der Waals surface area contributed by atoms with Gasteiger partial charge in [-0.1, -0.05) is 27.7 Å². The van der Waals surface area contributed by atoms with Crippen LogP contribution in [0.15, 0.2) is 11.7 Å². The Hall–Kier alpha value is -0.410. The molecule has 0 aliphatic carbocycles.